The van der Waals surface area contributed by atoms with E-state index < -0.39 is 11.4 Å². The standard InChI is InChI=1S/C17H33NO2/c1-7-9-10-17(8-2,14(19)20)13-11-15(3,4)18-16(5,6)12-13/h13,18H,7-12H2,1-6H3,(H,19,20). The van der Waals surface area contributed by atoms with Crippen LogP contribution in [0.15, 0.2) is 0 Å². The Bertz CT molecular complexity index is 333. The van der Waals surface area contributed by atoms with Crippen LogP contribution in [0.1, 0.15) is 80.1 Å². The molecule has 1 rings (SSSR count). The summed E-state index contributed by atoms with van der Waals surface area (Å²) in [6, 6.07) is 0. The first-order chi connectivity index (χ1) is 9.08. The van der Waals surface area contributed by atoms with Gasteiger partial charge in [-0.1, -0.05) is 26.7 Å². The Morgan fingerprint density at radius 3 is 2.05 bits per heavy atom. The molecule has 0 amide bonds. The van der Waals surface area contributed by atoms with Gasteiger partial charge in [-0.25, -0.2) is 0 Å². The minimum atomic E-state index is -0.591. The van der Waals surface area contributed by atoms with Crippen molar-refractivity contribution >= 4 is 5.97 Å². The lowest BCUT2D eigenvalue weighted by molar-refractivity contribution is -0.156. The summed E-state index contributed by atoms with van der Waals surface area (Å²) in [6.07, 6.45) is 5.50. The van der Waals surface area contributed by atoms with Gasteiger partial charge in [0.1, 0.15) is 0 Å². The second kappa shape index (κ2) is 6.05. The molecule has 1 saturated heterocycles. The lowest BCUT2D eigenvalue weighted by atomic mass is 9.60. The molecule has 0 bridgehead atoms. The lowest BCUT2D eigenvalue weighted by Gasteiger charge is -2.51. The number of hydrogen-bond donors (Lipinski definition) is 2. The summed E-state index contributed by atoms with van der Waals surface area (Å²) < 4.78 is 0. The summed E-state index contributed by atoms with van der Waals surface area (Å²) in [5.74, 6) is -0.338. The van der Waals surface area contributed by atoms with Gasteiger partial charge in [0.2, 0.25) is 0 Å². The van der Waals surface area contributed by atoms with Crippen molar-refractivity contribution in [1.82, 2.24) is 5.32 Å². The maximum atomic E-state index is 12.1. The van der Waals surface area contributed by atoms with E-state index in [0.717, 1.165) is 38.5 Å². The summed E-state index contributed by atoms with van der Waals surface area (Å²) >= 11 is 0. The molecule has 0 spiro atoms. The van der Waals surface area contributed by atoms with E-state index in [2.05, 4.69) is 39.9 Å². The highest BCUT2D eigenvalue weighted by molar-refractivity contribution is 5.75. The molecule has 1 unspecified atom stereocenters. The fraction of sp³-hybridized carbons (Fsp3) is 0.941. The highest BCUT2D eigenvalue weighted by Crippen LogP contribution is 2.47. The molecule has 1 fully saturated rings. The van der Waals surface area contributed by atoms with Gasteiger partial charge in [0.05, 0.1) is 5.41 Å². The minimum Gasteiger partial charge on any atom is -0.481 e. The fourth-order valence-electron chi connectivity index (χ4n) is 4.31. The number of rotatable bonds is 6. The van der Waals surface area contributed by atoms with E-state index in [1.54, 1.807) is 0 Å². The number of unbranched alkanes of at least 4 members (excludes halogenated alkanes) is 1. The van der Waals surface area contributed by atoms with Crippen molar-refractivity contribution < 1.29 is 9.90 Å². The second-order valence-electron chi connectivity index (χ2n) is 7.92. The van der Waals surface area contributed by atoms with Crippen LogP contribution in [0.5, 0.6) is 0 Å². The molecule has 1 aliphatic heterocycles. The van der Waals surface area contributed by atoms with Crippen molar-refractivity contribution in [3.8, 4) is 0 Å². The summed E-state index contributed by atoms with van der Waals surface area (Å²) in [6.45, 7) is 13.0. The monoisotopic (exact) mass is 283 g/mol. The third-order valence-electron chi connectivity index (χ3n) is 5.00. The van der Waals surface area contributed by atoms with E-state index in [9.17, 15) is 9.90 Å². The van der Waals surface area contributed by atoms with E-state index in [4.69, 9.17) is 0 Å². The number of nitrogens with one attached hydrogen (secondary N) is 1. The summed E-state index contributed by atoms with van der Waals surface area (Å²) in [7, 11) is 0. The lowest BCUT2D eigenvalue weighted by Crippen LogP contribution is -2.61. The Morgan fingerprint density at radius 1 is 1.20 bits per heavy atom. The van der Waals surface area contributed by atoms with Gasteiger partial charge in [0, 0.05) is 11.1 Å². The Labute approximate surface area is 124 Å². The van der Waals surface area contributed by atoms with Crippen LogP contribution < -0.4 is 5.32 Å². The van der Waals surface area contributed by atoms with Crippen LogP contribution in [0.2, 0.25) is 0 Å². The number of carboxylic acid groups (broad SMARTS) is 1. The molecule has 2 N–H and O–H groups in total. The van der Waals surface area contributed by atoms with Crippen molar-refractivity contribution in [1.29, 1.82) is 0 Å². The smallest absolute Gasteiger partial charge is 0.309 e. The van der Waals surface area contributed by atoms with E-state index >= 15 is 0 Å². The first-order valence-corrected chi connectivity index (χ1v) is 8.11. The van der Waals surface area contributed by atoms with Crippen molar-refractivity contribution in [2.75, 3.05) is 0 Å². The average molecular weight is 283 g/mol. The largest absolute Gasteiger partial charge is 0.481 e. The van der Waals surface area contributed by atoms with E-state index in [1.807, 2.05) is 6.92 Å². The van der Waals surface area contributed by atoms with Crippen molar-refractivity contribution in [2.24, 2.45) is 11.3 Å². The molecule has 0 aromatic rings. The maximum absolute atomic E-state index is 12.1. The zero-order valence-electron chi connectivity index (χ0n) is 14.2. The van der Waals surface area contributed by atoms with Gasteiger partial charge in [0.15, 0.2) is 0 Å². The van der Waals surface area contributed by atoms with E-state index in [1.165, 1.54) is 0 Å². The minimum absolute atomic E-state index is 0.00843. The number of carboxylic acids is 1. The highest BCUT2D eigenvalue weighted by Gasteiger charge is 2.50. The predicted octanol–water partition coefficient (Wildman–Crippen LogP) is 4.21. The first-order valence-electron chi connectivity index (χ1n) is 8.11. The normalized spacial score (nSPS) is 25.1. The van der Waals surface area contributed by atoms with Crippen LogP contribution in [0.4, 0.5) is 0 Å². The summed E-state index contributed by atoms with van der Waals surface area (Å²) in [4.78, 5) is 12.1. The average Bonchev–Trinajstić information content (AvgIpc) is 2.26. The van der Waals surface area contributed by atoms with Crippen LogP contribution in [-0.4, -0.2) is 22.2 Å². The molecule has 0 aliphatic carbocycles. The van der Waals surface area contributed by atoms with Gasteiger partial charge in [-0.2, -0.15) is 0 Å². The maximum Gasteiger partial charge on any atom is 0.309 e. The van der Waals surface area contributed by atoms with Gasteiger partial charge in [-0.05, 0) is 59.3 Å². The topological polar surface area (TPSA) is 49.3 Å². The molecule has 0 aromatic heterocycles. The molecule has 3 nitrogen and oxygen atoms in total. The van der Waals surface area contributed by atoms with Crippen LogP contribution in [0, 0.1) is 11.3 Å². The molecule has 0 radical (unpaired) electrons. The quantitative estimate of drug-likeness (QED) is 0.767. The molecular weight excluding hydrogens is 250 g/mol. The second-order valence-corrected chi connectivity index (χ2v) is 7.92. The number of carbonyl (C=O) groups is 1. The molecule has 0 saturated carbocycles. The SMILES string of the molecule is CCCCC(CC)(C(=O)O)C1CC(C)(C)NC(C)(C)C1. The Hall–Kier alpha value is -0.570. The molecule has 0 aromatic carbocycles. The first kappa shape index (κ1) is 17.5. The summed E-state index contributed by atoms with van der Waals surface area (Å²) in [5.41, 5.74) is -0.532. The van der Waals surface area contributed by atoms with Crippen molar-refractivity contribution in [2.45, 2.75) is 91.1 Å². The van der Waals surface area contributed by atoms with Gasteiger partial charge >= 0.3 is 5.97 Å². The van der Waals surface area contributed by atoms with E-state index in [0.29, 0.717) is 0 Å². The highest BCUT2D eigenvalue weighted by atomic mass is 16.4. The Kier molecular flexibility index (Phi) is 5.29. The van der Waals surface area contributed by atoms with Gasteiger partial charge in [-0.3, -0.25) is 4.79 Å². The molecule has 1 heterocycles. The van der Waals surface area contributed by atoms with Crippen LogP contribution in [0.25, 0.3) is 0 Å². The third-order valence-corrected chi connectivity index (χ3v) is 5.00. The molecule has 3 heteroatoms. The number of aliphatic carboxylic acids is 1. The summed E-state index contributed by atoms with van der Waals surface area (Å²) in [5, 5.41) is 13.6. The van der Waals surface area contributed by atoms with Gasteiger partial charge in [0.25, 0.3) is 0 Å². The molecule has 20 heavy (non-hydrogen) atoms. The Morgan fingerprint density at radius 2 is 1.70 bits per heavy atom. The molecule has 118 valence electrons. The fourth-order valence-corrected chi connectivity index (χ4v) is 4.31. The molecular formula is C17H33NO2. The van der Waals surface area contributed by atoms with Gasteiger partial charge in [-0.15, -0.1) is 0 Å². The number of piperidine rings is 1. The third kappa shape index (κ3) is 3.75. The number of hydrogen-bond acceptors (Lipinski definition) is 2. The van der Waals surface area contributed by atoms with Crippen molar-refractivity contribution in [3.05, 3.63) is 0 Å². The molecule has 1 atom stereocenters. The molecule has 1 aliphatic rings. The Balaban J connectivity index is 3.09. The van der Waals surface area contributed by atoms with Crippen molar-refractivity contribution in [3.63, 3.8) is 0 Å². The van der Waals surface area contributed by atoms with Crippen LogP contribution in [-0.2, 0) is 4.79 Å². The van der Waals surface area contributed by atoms with Crippen LogP contribution in [0.3, 0.4) is 0 Å². The van der Waals surface area contributed by atoms with E-state index in [-0.39, 0.29) is 17.0 Å². The zero-order chi connectivity index (χ0) is 15.6. The zero-order valence-corrected chi connectivity index (χ0v) is 14.2. The van der Waals surface area contributed by atoms with Gasteiger partial charge < -0.3 is 10.4 Å². The predicted molar refractivity (Wildman–Crippen MR) is 83.9 cm³/mol. The van der Waals surface area contributed by atoms with Crippen LogP contribution >= 0.6 is 0 Å².